The number of methoxy groups -OCH3 is 1. The number of fused-ring (bicyclic) bond motifs is 1. The Morgan fingerprint density at radius 1 is 0.850 bits per heavy atom. The summed E-state index contributed by atoms with van der Waals surface area (Å²) in [6, 6.07) is 17.0. The molecule has 1 aliphatic heterocycles. The smallest absolute Gasteiger partial charge is 0.308 e. The van der Waals surface area contributed by atoms with Gasteiger partial charge in [0.25, 0.3) is 0 Å². The Morgan fingerprint density at radius 3 is 2.23 bits per heavy atom. The van der Waals surface area contributed by atoms with E-state index in [1.165, 1.54) is 0 Å². The van der Waals surface area contributed by atoms with E-state index >= 15 is 0 Å². The van der Waals surface area contributed by atoms with E-state index in [2.05, 4.69) is 0 Å². The fraction of sp³-hybridized carbons (Fsp3) is 0.467. The lowest BCUT2D eigenvalue weighted by atomic mass is 10.0. The van der Waals surface area contributed by atoms with E-state index < -0.39 is 10.0 Å². The fourth-order valence-electron chi connectivity index (χ4n) is 4.32. The van der Waals surface area contributed by atoms with Crippen LogP contribution in [0.25, 0.3) is 22.1 Å². The minimum atomic E-state index is -1.75. The van der Waals surface area contributed by atoms with Crippen LogP contribution in [0, 0.1) is 0 Å². The summed E-state index contributed by atoms with van der Waals surface area (Å²) in [5, 5.41) is 1.13. The number of carbonyl (C=O) groups is 1. The number of ether oxygens (including phenoxy) is 6. The largest absolute Gasteiger partial charge is 0.456 e. The molecule has 0 aliphatic carbocycles. The van der Waals surface area contributed by atoms with Gasteiger partial charge in [-0.3, -0.25) is 9.59 Å². The predicted octanol–water partition coefficient (Wildman–Crippen LogP) is 4.24. The maximum atomic E-state index is 13.2. The minimum absolute atomic E-state index is 0.101. The molecule has 10 heteroatoms. The number of carbonyl (C=O) groups excluding carboxylic acids is 1. The summed E-state index contributed by atoms with van der Waals surface area (Å²) in [4.78, 5) is 25.8. The van der Waals surface area contributed by atoms with Crippen LogP contribution in [-0.4, -0.2) is 90.0 Å². The lowest BCUT2D eigenvalue weighted by Gasteiger charge is -2.40. The summed E-state index contributed by atoms with van der Waals surface area (Å²) in [7, 11) is -0.126. The van der Waals surface area contributed by atoms with Gasteiger partial charge in [0, 0.05) is 30.2 Å². The number of para-hydroxylation sites is 1. The minimum Gasteiger partial charge on any atom is -0.456 e. The van der Waals surface area contributed by atoms with Gasteiger partial charge in [-0.05, 0) is 11.6 Å². The van der Waals surface area contributed by atoms with Crippen molar-refractivity contribution in [3.05, 3.63) is 64.8 Å². The Kier molecular flexibility index (Phi) is 12.0. The number of hydrogen-bond acceptors (Lipinski definition) is 9. The molecule has 0 spiro atoms. The van der Waals surface area contributed by atoms with Crippen LogP contribution in [0.15, 0.2) is 68.9 Å². The Bertz CT molecular complexity index is 1260. The molecular weight excluding hydrogens is 536 g/mol. The van der Waals surface area contributed by atoms with Crippen molar-refractivity contribution in [1.29, 1.82) is 0 Å². The zero-order valence-corrected chi connectivity index (χ0v) is 23.8. The van der Waals surface area contributed by atoms with E-state index in [0.29, 0.717) is 80.4 Å². The second-order valence-corrected chi connectivity index (χ2v) is 12.8. The fourth-order valence-corrected chi connectivity index (χ4v) is 7.13. The monoisotopic (exact) mass is 574 g/mol. The van der Waals surface area contributed by atoms with Crippen LogP contribution in [-0.2, 0) is 33.2 Å². The van der Waals surface area contributed by atoms with Gasteiger partial charge in [0.05, 0.1) is 71.3 Å². The second kappa shape index (κ2) is 15.9. The van der Waals surface area contributed by atoms with Gasteiger partial charge in [-0.1, -0.05) is 42.5 Å². The first-order chi connectivity index (χ1) is 19.6. The highest BCUT2D eigenvalue weighted by Crippen LogP contribution is 2.57. The van der Waals surface area contributed by atoms with Gasteiger partial charge >= 0.3 is 5.97 Å². The number of benzene rings is 2. The zero-order chi connectivity index (χ0) is 28.0. The molecule has 1 aromatic heterocycles. The van der Waals surface area contributed by atoms with Gasteiger partial charge in [0.2, 0.25) is 0 Å². The zero-order valence-electron chi connectivity index (χ0n) is 23.0. The summed E-state index contributed by atoms with van der Waals surface area (Å²) >= 11 is 0. The van der Waals surface area contributed by atoms with Crippen LogP contribution >= 0.6 is 10.0 Å². The Hall–Kier alpha value is -2.73. The highest BCUT2D eigenvalue weighted by Gasteiger charge is 2.34. The van der Waals surface area contributed by atoms with Crippen LogP contribution in [0.2, 0.25) is 0 Å². The molecule has 0 saturated carbocycles. The van der Waals surface area contributed by atoms with Crippen molar-refractivity contribution in [2.24, 2.45) is 0 Å². The highest BCUT2D eigenvalue weighted by molar-refractivity contribution is 8.33. The standard InChI is InChI=1S/C30H38O9S/c1-33-12-13-35-16-17-36-15-14-34-11-10-28(32)38-23-40(20-18-37-19-21-40)29-22-27(31)26-9-5-8-25(30(26)39-29)24-6-3-2-4-7-24/h2-9,22H,10-21,23H2,1H3. The van der Waals surface area contributed by atoms with Crippen molar-refractivity contribution in [3.8, 4) is 11.1 Å². The van der Waals surface area contributed by atoms with E-state index in [4.69, 9.17) is 32.8 Å². The molecule has 218 valence electrons. The molecule has 40 heavy (non-hydrogen) atoms. The molecule has 0 radical (unpaired) electrons. The van der Waals surface area contributed by atoms with Crippen LogP contribution < -0.4 is 5.43 Å². The van der Waals surface area contributed by atoms with Gasteiger partial charge in [-0.15, -0.1) is 10.0 Å². The third kappa shape index (κ3) is 8.39. The molecule has 0 bridgehead atoms. The quantitative estimate of drug-likeness (QED) is 0.184. The molecule has 1 fully saturated rings. The predicted molar refractivity (Wildman–Crippen MR) is 154 cm³/mol. The van der Waals surface area contributed by atoms with Gasteiger partial charge in [0.15, 0.2) is 10.5 Å². The first-order valence-corrected chi connectivity index (χ1v) is 15.6. The normalized spacial score (nSPS) is 15.6. The maximum absolute atomic E-state index is 13.2. The summed E-state index contributed by atoms with van der Waals surface area (Å²) < 4.78 is 39.1. The number of rotatable bonds is 16. The summed E-state index contributed by atoms with van der Waals surface area (Å²) in [6.07, 6.45) is 0.131. The van der Waals surface area contributed by atoms with Crippen molar-refractivity contribution >= 4 is 27.0 Å². The van der Waals surface area contributed by atoms with Crippen LogP contribution in [0.3, 0.4) is 0 Å². The molecule has 2 heterocycles. The lowest BCUT2D eigenvalue weighted by Crippen LogP contribution is -2.29. The first-order valence-electron chi connectivity index (χ1n) is 13.5. The van der Waals surface area contributed by atoms with Gasteiger partial charge in [-0.25, -0.2) is 0 Å². The van der Waals surface area contributed by atoms with Crippen molar-refractivity contribution in [2.45, 2.75) is 11.5 Å². The molecular formula is C30H38O9S. The SMILES string of the molecule is COCCOCCOCCOCCC(=O)OCS1(c2cc(=O)c3cccc(-c4ccccc4)c3o2)CCOCC1. The van der Waals surface area contributed by atoms with Gasteiger partial charge in [0.1, 0.15) is 11.5 Å². The molecule has 1 aliphatic rings. The molecule has 0 N–H and O–H groups in total. The third-order valence-corrected chi connectivity index (χ3v) is 10.1. The van der Waals surface area contributed by atoms with Crippen molar-refractivity contribution in [1.82, 2.24) is 0 Å². The topological polar surface area (TPSA) is 103 Å². The van der Waals surface area contributed by atoms with Crippen LogP contribution in [0.4, 0.5) is 0 Å². The lowest BCUT2D eigenvalue weighted by molar-refractivity contribution is -0.142. The number of esters is 1. The first kappa shape index (κ1) is 30.2. The molecule has 3 aromatic rings. The highest BCUT2D eigenvalue weighted by atomic mass is 32.3. The summed E-state index contributed by atoms with van der Waals surface area (Å²) in [6.45, 7) is 4.15. The van der Waals surface area contributed by atoms with Gasteiger partial charge < -0.3 is 32.8 Å². The Labute approximate surface area is 236 Å². The van der Waals surface area contributed by atoms with E-state index in [0.717, 1.165) is 11.1 Å². The number of hydrogen-bond donors (Lipinski definition) is 0. The maximum Gasteiger partial charge on any atom is 0.308 e. The van der Waals surface area contributed by atoms with E-state index in [1.807, 2.05) is 42.5 Å². The molecule has 4 rings (SSSR count). The van der Waals surface area contributed by atoms with Crippen molar-refractivity contribution < 1.29 is 37.6 Å². The van der Waals surface area contributed by atoms with E-state index in [1.54, 1.807) is 19.2 Å². The molecule has 9 nitrogen and oxygen atoms in total. The summed E-state index contributed by atoms with van der Waals surface area (Å²) in [5.41, 5.74) is 2.28. The molecule has 0 atom stereocenters. The van der Waals surface area contributed by atoms with Crippen LogP contribution in [0.5, 0.6) is 0 Å². The molecule has 0 unspecified atom stereocenters. The Morgan fingerprint density at radius 2 is 1.52 bits per heavy atom. The second-order valence-electron chi connectivity index (χ2n) is 9.26. The van der Waals surface area contributed by atoms with Gasteiger partial charge in [-0.2, -0.15) is 0 Å². The van der Waals surface area contributed by atoms with E-state index in [9.17, 15) is 9.59 Å². The average Bonchev–Trinajstić information content (AvgIpc) is 2.99. The summed E-state index contributed by atoms with van der Waals surface area (Å²) in [5.74, 6) is 1.15. The van der Waals surface area contributed by atoms with Crippen molar-refractivity contribution in [3.63, 3.8) is 0 Å². The molecule has 0 amide bonds. The molecule has 1 saturated heterocycles. The third-order valence-electron chi connectivity index (χ3n) is 6.55. The molecule has 2 aromatic carbocycles. The van der Waals surface area contributed by atoms with E-state index in [-0.39, 0.29) is 30.4 Å². The average molecular weight is 575 g/mol. The van der Waals surface area contributed by atoms with Crippen molar-refractivity contribution in [2.75, 3.05) is 84.0 Å². The Balaban J connectivity index is 1.34. The van der Waals surface area contributed by atoms with Crippen LogP contribution in [0.1, 0.15) is 6.42 Å².